The van der Waals surface area contributed by atoms with Crippen LogP contribution in [0, 0.1) is 5.92 Å². The molecular weight excluding hydrogens is 390 g/mol. The minimum Gasteiger partial charge on any atom is -0.481 e. The minimum absolute atomic E-state index is 0.374. The van der Waals surface area contributed by atoms with Crippen LogP contribution in [0.25, 0.3) is 0 Å². The van der Waals surface area contributed by atoms with Gasteiger partial charge in [0.2, 0.25) is 23.6 Å². The second-order valence-corrected chi connectivity index (χ2v) is 6.36. The molecular formula is C16H27N5O8. The van der Waals surface area contributed by atoms with Gasteiger partial charge >= 0.3 is 11.9 Å². The summed E-state index contributed by atoms with van der Waals surface area (Å²) in [5.41, 5.74) is 10.1. The molecule has 0 saturated heterocycles. The molecule has 0 fully saturated rings. The molecule has 0 bridgehead atoms. The molecule has 0 rings (SSSR count). The van der Waals surface area contributed by atoms with Crippen LogP contribution >= 0.6 is 0 Å². The number of carbonyl (C=O) groups excluding carboxylic acids is 4. The minimum atomic E-state index is -1.70. The molecule has 0 aromatic carbocycles. The predicted octanol–water partition coefficient (Wildman–Crippen LogP) is -3.12. The van der Waals surface area contributed by atoms with Crippen molar-refractivity contribution in [2.75, 3.05) is 6.54 Å². The Morgan fingerprint density at radius 3 is 1.86 bits per heavy atom. The topological polar surface area (TPSA) is 231 Å². The number of amides is 4. The first-order chi connectivity index (χ1) is 13.4. The number of nitrogens with two attached hydrogens (primary N) is 2. The molecule has 0 saturated carbocycles. The van der Waals surface area contributed by atoms with Crippen molar-refractivity contribution >= 4 is 35.6 Å². The normalized spacial score (nSPS) is 14.6. The Balaban J connectivity index is 5.47. The maximum atomic E-state index is 12.6. The van der Waals surface area contributed by atoms with Crippen LogP contribution < -0.4 is 27.4 Å². The van der Waals surface area contributed by atoms with Crippen molar-refractivity contribution in [3.05, 3.63) is 0 Å². The van der Waals surface area contributed by atoms with Crippen molar-refractivity contribution in [2.24, 2.45) is 17.4 Å². The van der Waals surface area contributed by atoms with Crippen LogP contribution in [-0.2, 0) is 28.8 Å². The average molecular weight is 417 g/mol. The third-order valence-corrected chi connectivity index (χ3v) is 4.03. The molecule has 0 aliphatic rings. The Labute approximate surface area is 166 Å². The van der Waals surface area contributed by atoms with Crippen LogP contribution in [0.2, 0.25) is 0 Å². The van der Waals surface area contributed by atoms with E-state index < -0.39 is 66.5 Å². The highest BCUT2D eigenvalue weighted by Crippen LogP contribution is 2.09. The van der Waals surface area contributed by atoms with E-state index in [2.05, 4.69) is 10.6 Å². The van der Waals surface area contributed by atoms with E-state index in [4.69, 9.17) is 21.7 Å². The van der Waals surface area contributed by atoms with Gasteiger partial charge < -0.3 is 37.6 Å². The maximum Gasteiger partial charge on any atom is 0.326 e. The van der Waals surface area contributed by atoms with Gasteiger partial charge in [-0.2, -0.15) is 0 Å². The van der Waals surface area contributed by atoms with Crippen LogP contribution in [0.5, 0.6) is 0 Å². The monoisotopic (exact) mass is 417 g/mol. The molecule has 4 atom stereocenters. The maximum absolute atomic E-state index is 12.6. The van der Waals surface area contributed by atoms with Gasteiger partial charge in [0.05, 0.1) is 19.4 Å². The molecule has 0 aromatic heterocycles. The van der Waals surface area contributed by atoms with E-state index in [1.54, 1.807) is 13.8 Å². The molecule has 9 N–H and O–H groups in total. The molecule has 13 heteroatoms. The highest BCUT2D eigenvalue weighted by molar-refractivity contribution is 5.96. The lowest BCUT2D eigenvalue weighted by atomic mass is 9.97. The number of hydrogen-bond donors (Lipinski definition) is 7. The molecule has 0 aliphatic heterocycles. The van der Waals surface area contributed by atoms with E-state index >= 15 is 0 Å². The van der Waals surface area contributed by atoms with Crippen molar-refractivity contribution in [3.63, 3.8) is 0 Å². The summed E-state index contributed by atoms with van der Waals surface area (Å²) in [5.74, 6) is -6.99. The van der Waals surface area contributed by atoms with Gasteiger partial charge in [0.25, 0.3) is 0 Å². The number of primary amides is 1. The fraction of sp³-hybridized carbons (Fsp3) is 0.625. The first kappa shape index (κ1) is 25.8. The summed E-state index contributed by atoms with van der Waals surface area (Å²) in [4.78, 5) is 69.6. The number of rotatable bonds is 13. The van der Waals surface area contributed by atoms with E-state index in [1.807, 2.05) is 5.32 Å². The SMILES string of the molecule is CCC(C)C(NC(=O)CN)C(=O)NC(CC(=O)O)C(=O)NC(CC(N)=O)C(=O)O. The van der Waals surface area contributed by atoms with Gasteiger partial charge in [-0.3, -0.25) is 24.0 Å². The van der Waals surface area contributed by atoms with Gasteiger partial charge in [0.15, 0.2) is 0 Å². The van der Waals surface area contributed by atoms with Gasteiger partial charge in [-0.1, -0.05) is 20.3 Å². The molecule has 0 aliphatic carbocycles. The third kappa shape index (κ3) is 9.51. The Bertz CT molecular complexity index is 653. The summed E-state index contributed by atoms with van der Waals surface area (Å²) >= 11 is 0. The molecule has 29 heavy (non-hydrogen) atoms. The van der Waals surface area contributed by atoms with E-state index in [0.717, 1.165) is 0 Å². The first-order valence-electron chi connectivity index (χ1n) is 8.75. The molecule has 13 nitrogen and oxygen atoms in total. The zero-order valence-corrected chi connectivity index (χ0v) is 16.1. The molecule has 4 unspecified atom stereocenters. The summed E-state index contributed by atoms with van der Waals surface area (Å²) in [6.45, 7) is 3.02. The average Bonchev–Trinajstić information content (AvgIpc) is 2.62. The number of carbonyl (C=O) groups is 6. The molecule has 0 heterocycles. The molecule has 0 radical (unpaired) electrons. The Morgan fingerprint density at radius 1 is 0.897 bits per heavy atom. The van der Waals surface area contributed by atoms with Gasteiger partial charge in [-0.15, -0.1) is 0 Å². The number of nitrogens with one attached hydrogen (secondary N) is 3. The molecule has 4 amide bonds. The van der Waals surface area contributed by atoms with Crippen LogP contribution in [0.15, 0.2) is 0 Å². The number of carboxylic acid groups (broad SMARTS) is 2. The standard InChI is InChI=1S/C16H27N5O8/c1-3-7(2)13(21-11(23)6-17)15(27)19-8(5-12(24)25)14(26)20-9(16(28)29)4-10(18)22/h7-9,13H,3-6,17H2,1-2H3,(H2,18,22)(H,19,27)(H,20,26)(H,21,23)(H,24,25)(H,28,29). The van der Waals surface area contributed by atoms with E-state index in [0.29, 0.717) is 6.42 Å². The van der Waals surface area contributed by atoms with Crippen LogP contribution in [0.1, 0.15) is 33.1 Å². The number of aliphatic carboxylic acids is 2. The lowest BCUT2D eigenvalue weighted by Gasteiger charge is -2.26. The summed E-state index contributed by atoms with van der Waals surface area (Å²) < 4.78 is 0. The van der Waals surface area contributed by atoms with E-state index in [1.165, 1.54) is 0 Å². The Hall–Kier alpha value is -3.22. The molecule has 0 spiro atoms. The highest BCUT2D eigenvalue weighted by atomic mass is 16.4. The predicted molar refractivity (Wildman–Crippen MR) is 98.0 cm³/mol. The highest BCUT2D eigenvalue weighted by Gasteiger charge is 2.32. The third-order valence-electron chi connectivity index (χ3n) is 4.03. The van der Waals surface area contributed by atoms with E-state index in [9.17, 15) is 28.8 Å². The largest absolute Gasteiger partial charge is 0.481 e. The second kappa shape index (κ2) is 12.3. The number of hydrogen-bond acceptors (Lipinski definition) is 7. The first-order valence-corrected chi connectivity index (χ1v) is 8.75. The fourth-order valence-corrected chi connectivity index (χ4v) is 2.25. The fourth-order valence-electron chi connectivity index (χ4n) is 2.25. The van der Waals surface area contributed by atoms with Gasteiger partial charge in [0.1, 0.15) is 18.1 Å². The summed E-state index contributed by atoms with van der Waals surface area (Å²) in [6, 6.07) is -4.45. The van der Waals surface area contributed by atoms with E-state index in [-0.39, 0.29) is 12.5 Å². The summed E-state index contributed by atoms with van der Waals surface area (Å²) in [7, 11) is 0. The lowest BCUT2D eigenvalue weighted by Crippen LogP contribution is -2.58. The van der Waals surface area contributed by atoms with Crippen LogP contribution in [0.4, 0.5) is 0 Å². The summed E-state index contributed by atoms with van der Waals surface area (Å²) in [6.07, 6.45) is -1.12. The smallest absolute Gasteiger partial charge is 0.326 e. The van der Waals surface area contributed by atoms with Crippen molar-refractivity contribution in [1.29, 1.82) is 0 Å². The summed E-state index contributed by atoms with van der Waals surface area (Å²) in [5, 5.41) is 24.6. The van der Waals surface area contributed by atoms with Gasteiger partial charge in [-0.25, -0.2) is 4.79 Å². The van der Waals surface area contributed by atoms with Gasteiger partial charge in [0, 0.05) is 0 Å². The van der Waals surface area contributed by atoms with Crippen LogP contribution in [-0.4, -0.2) is 70.5 Å². The second-order valence-electron chi connectivity index (χ2n) is 6.36. The Kier molecular flexibility index (Phi) is 10.9. The zero-order valence-electron chi connectivity index (χ0n) is 16.1. The van der Waals surface area contributed by atoms with Gasteiger partial charge in [-0.05, 0) is 5.92 Å². The van der Waals surface area contributed by atoms with Crippen molar-refractivity contribution < 1.29 is 39.0 Å². The van der Waals surface area contributed by atoms with Crippen molar-refractivity contribution in [3.8, 4) is 0 Å². The van der Waals surface area contributed by atoms with Crippen molar-refractivity contribution in [1.82, 2.24) is 16.0 Å². The van der Waals surface area contributed by atoms with Crippen LogP contribution in [0.3, 0.4) is 0 Å². The zero-order chi connectivity index (χ0) is 22.7. The van der Waals surface area contributed by atoms with Crippen molar-refractivity contribution in [2.45, 2.75) is 51.2 Å². The molecule has 164 valence electrons. The molecule has 0 aromatic rings. The quantitative estimate of drug-likeness (QED) is 0.160. The Morgan fingerprint density at radius 2 is 1.45 bits per heavy atom. The lowest BCUT2D eigenvalue weighted by molar-refractivity contribution is -0.145. The number of carboxylic acids is 2.